The molecule has 1 heterocycles. The zero-order valence-corrected chi connectivity index (χ0v) is 16.1. The Kier molecular flexibility index (Phi) is 4.91. The maximum atomic E-state index is 12.3. The number of benzene rings is 2. The van der Waals surface area contributed by atoms with Gasteiger partial charge < -0.3 is 9.47 Å². The van der Waals surface area contributed by atoms with E-state index in [2.05, 4.69) is 5.10 Å². The first-order valence-electron chi connectivity index (χ1n) is 8.19. The van der Waals surface area contributed by atoms with Gasteiger partial charge in [-0.1, -0.05) is 29.8 Å². The summed E-state index contributed by atoms with van der Waals surface area (Å²) >= 11 is 0. The smallest absolute Gasteiger partial charge is 0.247 e. The predicted octanol–water partition coefficient (Wildman–Crippen LogP) is 3.12. The van der Waals surface area contributed by atoms with Crippen LogP contribution in [-0.2, 0) is 10.0 Å². The first-order valence-corrected chi connectivity index (χ1v) is 10.0. The van der Waals surface area contributed by atoms with Crippen molar-refractivity contribution in [2.24, 2.45) is 5.10 Å². The van der Waals surface area contributed by atoms with Crippen molar-refractivity contribution in [3.8, 4) is 11.5 Å². The lowest BCUT2D eigenvalue weighted by atomic mass is 9.98. The molecule has 0 unspecified atom stereocenters. The molecule has 0 fully saturated rings. The van der Waals surface area contributed by atoms with Crippen molar-refractivity contribution in [3.05, 3.63) is 59.2 Å². The van der Waals surface area contributed by atoms with Crippen LogP contribution in [0.5, 0.6) is 11.5 Å². The molecular formula is C19H22N2O4S. The lowest BCUT2D eigenvalue weighted by Gasteiger charge is -2.21. The first-order chi connectivity index (χ1) is 12.3. The molecule has 138 valence electrons. The minimum atomic E-state index is -3.49. The van der Waals surface area contributed by atoms with Crippen LogP contribution >= 0.6 is 0 Å². The largest absolute Gasteiger partial charge is 0.493 e. The van der Waals surface area contributed by atoms with Gasteiger partial charge in [-0.15, -0.1) is 0 Å². The second kappa shape index (κ2) is 6.99. The number of sulfonamides is 1. The fraction of sp³-hybridized carbons (Fsp3) is 0.316. The van der Waals surface area contributed by atoms with Crippen molar-refractivity contribution in [2.45, 2.75) is 19.4 Å². The molecular weight excluding hydrogens is 352 g/mol. The highest BCUT2D eigenvalue weighted by Crippen LogP contribution is 2.36. The van der Waals surface area contributed by atoms with Crippen molar-refractivity contribution in [1.29, 1.82) is 0 Å². The van der Waals surface area contributed by atoms with Gasteiger partial charge in [-0.2, -0.15) is 9.52 Å². The molecule has 0 saturated heterocycles. The van der Waals surface area contributed by atoms with Crippen molar-refractivity contribution >= 4 is 15.7 Å². The van der Waals surface area contributed by atoms with Crippen LogP contribution in [0.2, 0.25) is 0 Å². The Balaban J connectivity index is 2.00. The summed E-state index contributed by atoms with van der Waals surface area (Å²) in [6.45, 7) is 2.00. The van der Waals surface area contributed by atoms with Crippen LogP contribution in [0.4, 0.5) is 0 Å². The Morgan fingerprint density at radius 3 is 2.27 bits per heavy atom. The van der Waals surface area contributed by atoms with E-state index in [1.54, 1.807) is 20.3 Å². The molecule has 7 heteroatoms. The summed E-state index contributed by atoms with van der Waals surface area (Å²) in [5.74, 6) is 1.20. The highest BCUT2D eigenvalue weighted by molar-refractivity contribution is 7.88. The van der Waals surface area contributed by atoms with Crippen molar-refractivity contribution in [3.63, 3.8) is 0 Å². The molecule has 0 amide bonds. The van der Waals surface area contributed by atoms with Crippen LogP contribution in [0, 0.1) is 6.92 Å². The van der Waals surface area contributed by atoms with Gasteiger partial charge in [0.2, 0.25) is 10.0 Å². The minimum absolute atomic E-state index is 0.353. The lowest BCUT2D eigenvalue weighted by molar-refractivity contribution is 0.355. The maximum Gasteiger partial charge on any atom is 0.247 e. The molecule has 2 aromatic carbocycles. The third kappa shape index (κ3) is 3.53. The Morgan fingerprint density at radius 2 is 1.69 bits per heavy atom. The molecule has 1 aliphatic heterocycles. The molecule has 2 aromatic rings. The Morgan fingerprint density at radius 1 is 1.04 bits per heavy atom. The fourth-order valence-corrected chi connectivity index (χ4v) is 3.93. The van der Waals surface area contributed by atoms with Crippen LogP contribution in [0.3, 0.4) is 0 Å². The standard InChI is InChI=1S/C19H22N2O4S/c1-13-5-7-14(8-6-13)17-12-16(20-21(17)26(4,22)23)15-9-10-18(24-2)19(11-15)25-3/h5-11,17H,12H2,1-4H3/t17-/m0/s1. The van der Waals surface area contributed by atoms with Gasteiger partial charge >= 0.3 is 0 Å². The highest BCUT2D eigenvalue weighted by atomic mass is 32.2. The third-order valence-electron chi connectivity index (χ3n) is 4.39. The number of aryl methyl sites for hydroxylation is 1. The van der Waals surface area contributed by atoms with E-state index in [0.29, 0.717) is 23.6 Å². The average Bonchev–Trinajstić information content (AvgIpc) is 3.07. The number of hydrogen-bond acceptors (Lipinski definition) is 5. The van der Waals surface area contributed by atoms with Crippen molar-refractivity contribution in [2.75, 3.05) is 20.5 Å². The summed E-state index contributed by atoms with van der Waals surface area (Å²) in [5.41, 5.74) is 3.55. The van der Waals surface area contributed by atoms with Crippen LogP contribution in [-0.4, -0.2) is 39.0 Å². The average molecular weight is 374 g/mol. The third-order valence-corrected chi connectivity index (χ3v) is 5.41. The second-order valence-corrected chi connectivity index (χ2v) is 8.12. The van der Waals surface area contributed by atoms with Crippen molar-refractivity contribution in [1.82, 2.24) is 4.41 Å². The van der Waals surface area contributed by atoms with Crippen LogP contribution in [0.25, 0.3) is 0 Å². The minimum Gasteiger partial charge on any atom is -0.493 e. The molecule has 1 atom stereocenters. The molecule has 1 aliphatic rings. The number of hydrogen-bond donors (Lipinski definition) is 0. The molecule has 0 aromatic heterocycles. The van der Waals surface area contributed by atoms with E-state index in [9.17, 15) is 8.42 Å². The van der Waals surface area contributed by atoms with Crippen LogP contribution < -0.4 is 9.47 Å². The SMILES string of the molecule is COc1ccc(C2=NN(S(C)(=O)=O)[C@H](c3ccc(C)cc3)C2)cc1OC. The zero-order valence-electron chi connectivity index (χ0n) is 15.3. The number of methoxy groups -OCH3 is 2. The summed E-state index contributed by atoms with van der Waals surface area (Å²) < 4.78 is 36.3. The summed E-state index contributed by atoms with van der Waals surface area (Å²) in [6, 6.07) is 13.0. The Labute approximate surface area is 154 Å². The van der Waals surface area contributed by atoms with E-state index in [-0.39, 0.29) is 6.04 Å². The molecule has 0 saturated carbocycles. The maximum absolute atomic E-state index is 12.3. The van der Waals surface area contributed by atoms with Gasteiger partial charge in [-0.3, -0.25) is 0 Å². The zero-order chi connectivity index (χ0) is 18.9. The fourth-order valence-electron chi connectivity index (χ4n) is 3.02. The monoisotopic (exact) mass is 374 g/mol. The van der Waals surface area contributed by atoms with Crippen molar-refractivity contribution < 1.29 is 17.9 Å². The molecule has 6 nitrogen and oxygen atoms in total. The molecule has 26 heavy (non-hydrogen) atoms. The van der Waals surface area contributed by atoms with E-state index in [4.69, 9.17) is 9.47 Å². The molecule has 0 radical (unpaired) electrons. The number of hydrazone groups is 1. The van der Waals surface area contributed by atoms with Gasteiger partial charge in [0.15, 0.2) is 11.5 Å². The molecule has 0 bridgehead atoms. The van der Waals surface area contributed by atoms with E-state index in [1.807, 2.05) is 43.3 Å². The summed E-state index contributed by atoms with van der Waals surface area (Å²) in [5, 5.41) is 4.41. The van der Waals surface area contributed by atoms with Gasteiger partial charge in [0.1, 0.15) is 0 Å². The molecule has 0 aliphatic carbocycles. The van der Waals surface area contributed by atoms with E-state index in [0.717, 1.165) is 16.7 Å². The van der Waals surface area contributed by atoms with E-state index in [1.165, 1.54) is 10.7 Å². The normalized spacial score (nSPS) is 17.2. The molecule has 0 N–H and O–H groups in total. The van der Waals surface area contributed by atoms with Gasteiger partial charge in [-0.25, -0.2) is 8.42 Å². The number of ether oxygens (including phenoxy) is 2. The van der Waals surface area contributed by atoms with Gasteiger partial charge in [0.05, 0.1) is 32.2 Å². The van der Waals surface area contributed by atoms with Gasteiger partial charge in [0.25, 0.3) is 0 Å². The number of nitrogens with zero attached hydrogens (tertiary/aromatic N) is 2. The van der Waals surface area contributed by atoms with Gasteiger partial charge in [0, 0.05) is 12.0 Å². The second-order valence-electron chi connectivity index (χ2n) is 6.28. The Hall–Kier alpha value is -2.54. The van der Waals surface area contributed by atoms with Crippen LogP contribution in [0.1, 0.15) is 29.2 Å². The summed E-state index contributed by atoms with van der Waals surface area (Å²) in [6.07, 6.45) is 1.67. The number of rotatable bonds is 5. The molecule has 3 rings (SSSR count). The first kappa shape index (κ1) is 18.3. The predicted molar refractivity (Wildman–Crippen MR) is 101 cm³/mol. The lowest BCUT2D eigenvalue weighted by Crippen LogP contribution is -2.25. The highest BCUT2D eigenvalue weighted by Gasteiger charge is 2.34. The molecule has 0 spiro atoms. The van der Waals surface area contributed by atoms with E-state index >= 15 is 0 Å². The topological polar surface area (TPSA) is 68.2 Å². The van der Waals surface area contributed by atoms with Crippen LogP contribution in [0.15, 0.2) is 47.6 Å². The quantitative estimate of drug-likeness (QED) is 0.806. The van der Waals surface area contributed by atoms with E-state index < -0.39 is 10.0 Å². The summed E-state index contributed by atoms with van der Waals surface area (Å²) in [4.78, 5) is 0. The Bertz CT molecular complexity index is 937. The van der Waals surface area contributed by atoms with Gasteiger partial charge in [-0.05, 0) is 30.7 Å². The summed E-state index contributed by atoms with van der Waals surface area (Å²) in [7, 11) is -0.351.